The molecule has 2 saturated carbocycles. The molecule has 0 aromatic heterocycles. The van der Waals surface area contributed by atoms with Gasteiger partial charge in [0.2, 0.25) is 0 Å². The van der Waals surface area contributed by atoms with Gasteiger partial charge in [0, 0.05) is 32.1 Å². The van der Waals surface area contributed by atoms with Crippen molar-refractivity contribution in [2.45, 2.75) is 154 Å². The largest absolute Gasteiger partial charge is 0.456 e. The molecule has 3 aliphatic carbocycles. The van der Waals surface area contributed by atoms with Gasteiger partial charge in [0.1, 0.15) is 41.3 Å². The van der Waals surface area contributed by atoms with E-state index in [0.29, 0.717) is 5.56 Å². The highest BCUT2D eigenvalue weighted by molar-refractivity contribution is 5.95. The normalized spacial score (nSPS) is 35.0. The van der Waals surface area contributed by atoms with Crippen LogP contribution in [0.25, 0.3) is 0 Å². The number of carbonyl (C=O) groups excluding carboxylic acids is 6. The molecule has 2 bridgehead atoms. The van der Waals surface area contributed by atoms with Crippen LogP contribution in [0.5, 0.6) is 0 Å². The van der Waals surface area contributed by atoms with Crippen molar-refractivity contribution in [2.24, 2.45) is 16.7 Å². The van der Waals surface area contributed by atoms with Crippen molar-refractivity contribution in [1.29, 1.82) is 0 Å². The van der Waals surface area contributed by atoms with E-state index in [1.807, 2.05) is 0 Å². The fraction of sp³-hybridized carbons (Fsp3) is 0.583. The molecule has 16 nitrogen and oxygen atoms in total. The number of rotatable bonds is 7. The molecule has 0 spiro atoms. The van der Waals surface area contributed by atoms with Gasteiger partial charge in [-0.25, -0.2) is 14.4 Å². The number of Topliss-reactive ketones (excluding diaryl/α,β-unsaturated/α-hetero) is 1. The van der Waals surface area contributed by atoms with Crippen molar-refractivity contribution in [3.05, 3.63) is 82.9 Å². The van der Waals surface area contributed by atoms with Crippen molar-refractivity contribution in [2.75, 3.05) is 6.61 Å². The number of aliphatic hydroxyl groups excluding tert-OH is 1. The Labute approximate surface area is 372 Å². The van der Waals surface area contributed by atoms with Crippen LogP contribution in [-0.4, -0.2) is 117 Å². The molecule has 2 N–H and O–H groups in total. The fourth-order valence-electron chi connectivity index (χ4n) is 10.9. The zero-order valence-corrected chi connectivity index (χ0v) is 38.2. The second-order valence-corrected chi connectivity index (χ2v) is 19.9. The molecule has 1 amide bonds. The van der Waals surface area contributed by atoms with Gasteiger partial charge in [-0.1, -0.05) is 62.4 Å². The standard InChI is InChI=1S/C48H59NO15/c1-25-30(60-41(55)36-34(28-18-14-12-15-19-28)49(45(9,10)63-36)42(56)64-43(4,5)6)23-48(57)39(61-40(54)29-20-16-13-17-21-29)37-46(11,31(52)22-32-47(37,24-58-32)62-27(3)51)38(53)35(59-26(2)50)33(25)44(48,7)8/h12-21,30-32,34-37,39,52,57H,22-24H2,1-11H3/t30-,31-,32+,34-,35+,36+,37-,39-,46+,47-,48+/m0/s1. The number of benzene rings is 2. The quantitative estimate of drug-likeness (QED) is 0.205. The van der Waals surface area contributed by atoms with Crippen molar-refractivity contribution in [3.63, 3.8) is 0 Å². The van der Waals surface area contributed by atoms with Gasteiger partial charge in [-0.2, -0.15) is 0 Å². The van der Waals surface area contributed by atoms with E-state index >= 15 is 4.79 Å². The monoisotopic (exact) mass is 889 g/mol. The summed E-state index contributed by atoms with van der Waals surface area (Å²) >= 11 is 0. The Kier molecular flexibility index (Phi) is 11.8. The summed E-state index contributed by atoms with van der Waals surface area (Å²) in [5.41, 5.74) is -9.21. The van der Waals surface area contributed by atoms with Gasteiger partial charge in [-0.15, -0.1) is 0 Å². The maximum Gasteiger partial charge on any atom is 0.413 e. The number of ketones is 1. The molecular formula is C48H59NO15. The van der Waals surface area contributed by atoms with E-state index in [1.165, 1.54) is 30.9 Å². The Morgan fingerprint density at radius 3 is 2.02 bits per heavy atom. The Hall–Kier alpha value is -5.16. The van der Waals surface area contributed by atoms with Gasteiger partial charge in [-0.3, -0.25) is 19.3 Å². The number of aliphatic hydroxyl groups is 2. The smallest absolute Gasteiger partial charge is 0.413 e. The van der Waals surface area contributed by atoms with Crippen molar-refractivity contribution < 1.29 is 72.1 Å². The molecule has 64 heavy (non-hydrogen) atoms. The number of hydrogen-bond acceptors (Lipinski definition) is 15. The van der Waals surface area contributed by atoms with Gasteiger partial charge < -0.3 is 43.4 Å². The molecular weight excluding hydrogens is 831 g/mol. The van der Waals surface area contributed by atoms with Crippen LogP contribution in [0.3, 0.4) is 0 Å². The molecule has 16 heteroatoms. The highest BCUT2D eigenvalue weighted by atomic mass is 16.6. The number of hydrogen-bond donors (Lipinski definition) is 2. The second-order valence-electron chi connectivity index (χ2n) is 19.9. The van der Waals surface area contributed by atoms with E-state index in [9.17, 15) is 34.2 Å². The van der Waals surface area contributed by atoms with E-state index in [2.05, 4.69) is 0 Å². The minimum absolute atomic E-state index is 0.0445. The third kappa shape index (κ3) is 7.49. The molecule has 2 aliphatic heterocycles. The van der Waals surface area contributed by atoms with Gasteiger partial charge in [0.05, 0.1) is 29.6 Å². The maximum atomic E-state index is 15.6. The van der Waals surface area contributed by atoms with Crippen molar-refractivity contribution >= 4 is 35.8 Å². The van der Waals surface area contributed by atoms with Crippen LogP contribution in [0.2, 0.25) is 0 Å². The lowest BCUT2D eigenvalue weighted by molar-refractivity contribution is -0.346. The Bertz CT molecular complexity index is 2250. The summed E-state index contributed by atoms with van der Waals surface area (Å²) in [6.07, 6.45) is -10.5. The minimum Gasteiger partial charge on any atom is -0.456 e. The summed E-state index contributed by atoms with van der Waals surface area (Å²) in [6, 6.07) is 15.6. The molecule has 5 aliphatic rings. The average Bonchev–Trinajstić information content (AvgIpc) is 3.49. The van der Waals surface area contributed by atoms with Crippen LogP contribution in [-0.2, 0) is 52.3 Å². The summed E-state index contributed by atoms with van der Waals surface area (Å²) in [5, 5.41) is 26.0. The first-order valence-corrected chi connectivity index (χ1v) is 21.6. The number of ether oxygens (including phenoxy) is 7. The first-order chi connectivity index (χ1) is 29.7. The van der Waals surface area contributed by atoms with Crippen molar-refractivity contribution in [1.82, 2.24) is 4.90 Å². The third-order valence-corrected chi connectivity index (χ3v) is 14.0. The molecule has 0 radical (unpaired) electrons. The number of fused-ring (bicyclic) bond motifs is 5. The predicted molar refractivity (Wildman–Crippen MR) is 225 cm³/mol. The summed E-state index contributed by atoms with van der Waals surface area (Å²) < 4.78 is 43.0. The van der Waals surface area contributed by atoms with E-state index in [-0.39, 0.29) is 29.7 Å². The number of nitrogens with zero attached hydrogens (tertiary/aromatic N) is 1. The Morgan fingerprint density at radius 2 is 1.47 bits per heavy atom. The van der Waals surface area contributed by atoms with Gasteiger partial charge in [0.15, 0.2) is 23.6 Å². The summed E-state index contributed by atoms with van der Waals surface area (Å²) in [5.74, 6) is -5.86. The molecule has 2 aromatic carbocycles. The Balaban J connectivity index is 1.42. The molecule has 2 heterocycles. The van der Waals surface area contributed by atoms with Crippen LogP contribution in [0.15, 0.2) is 71.8 Å². The van der Waals surface area contributed by atoms with Crippen LogP contribution < -0.4 is 0 Å². The van der Waals surface area contributed by atoms with Crippen LogP contribution in [0.1, 0.15) is 111 Å². The highest BCUT2D eigenvalue weighted by Crippen LogP contribution is 2.64. The molecule has 0 unspecified atom stereocenters. The lowest BCUT2D eigenvalue weighted by Crippen LogP contribution is -2.82. The van der Waals surface area contributed by atoms with Gasteiger partial charge in [-0.05, 0) is 77.3 Å². The zero-order valence-electron chi connectivity index (χ0n) is 38.2. The predicted octanol–water partition coefficient (Wildman–Crippen LogP) is 5.32. The molecule has 11 atom stereocenters. The summed E-state index contributed by atoms with van der Waals surface area (Å²) in [6.45, 7) is 16.6. The van der Waals surface area contributed by atoms with Crippen LogP contribution in [0, 0.1) is 16.7 Å². The average molecular weight is 890 g/mol. The van der Waals surface area contributed by atoms with Gasteiger partial charge >= 0.3 is 30.0 Å². The highest BCUT2D eigenvalue weighted by Gasteiger charge is 2.78. The van der Waals surface area contributed by atoms with Gasteiger partial charge in [0.25, 0.3) is 0 Å². The number of carbonyl (C=O) groups is 6. The van der Waals surface area contributed by atoms with E-state index in [4.69, 9.17) is 33.2 Å². The first kappa shape index (κ1) is 46.8. The minimum atomic E-state index is -2.36. The third-order valence-electron chi connectivity index (χ3n) is 14.0. The molecule has 2 saturated heterocycles. The SMILES string of the molecule is CC(=O)O[C@H]1C(=O)[C@@]2(C)[C@H]([C@H](OC(=O)c3ccccc3)[C@]3(O)C[C@H](OC(=O)[C@@H]4OC(C)(C)N(C(=O)OC(C)(C)C)[C@H]4c4ccccc4)C(C)=C1C3(C)C)[C@]1(OC(C)=O)CO[C@@H]1C[C@@H]2O. The first-order valence-electron chi connectivity index (χ1n) is 21.6. The maximum absolute atomic E-state index is 15.6. The van der Waals surface area contributed by atoms with E-state index < -0.39 is 124 Å². The lowest BCUT2D eigenvalue weighted by atomic mass is 9.44. The fourth-order valence-corrected chi connectivity index (χ4v) is 10.9. The molecule has 7 rings (SSSR count). The van der Waals surface area contributed by atoms with E-state index in [0.717, 1.165) is 6.92 Å². The zero-order chi connectivity index (χ0) is 47.1. The summed E-state index contributed by atoms with van der Waals surface area (Å²) in [4.78, 5) is 86.3. The Morgan fingerprint density at radius 1 is 0.859 bits per heavy atom. The summed E-state index contributed by atoms with van der Waals surface area (Å²) in [7, 11) is 0. The number of esters is 4. The molecule has 4 fully saturated rings. The van der Waals surface area contributed by atoms with Crippen LogP contribution in [0.4, 0.5) is 4.79 Å². The topological polar surface area (TPSA) is 211 Å². The van der Waals surface area contributed by atoms with Crippen LogP contribution >= 0.6 is 0 Å². The van der Waals surface area contributed by atoms with Crippen molar-refractivity contribution in [3.8, 4) is 0 Å². The number of amides is 1. The van der Waals surface area contributed by atoms with E-state index in [1.54, 1.807) is 104 Å². The molecule has 346 valence electrons. The lowest BCUT2D eigenvalue weighted by Gasteiger charge is -2.67. The second kappa shape index (κ2) is 16.1. The molecule has 2 aromatic rings.